The number of benzene rings is 1. The molecule has 4 N–H and O–H groups in total. The number of carbonyl (C=O) groups excluding carboxylic acids is 1. The Morgan fingerprint density at radius 2 is 1.78 bits per heavy atom. The molecule has 0 aliphatic rings. The zero-order valence-electron chi connectivity index (χ0n) is 12.1. The van der Waals surface area contributed by atoms with Crippen LogP contribution in [0.4, 0.5) is 5.69 Å². The number of rotatable bonds is 8. The fourth-order valence-electron chi connectivity index (χ4n) is 1.58. The molecule has 0 unspecified atom stereocenters. The molecule has 0 saturated carbocycles. The Morgan fingerprint density at radius 3 is 2.30 bits per heavy atom. The molecule has 0 aliphatic heterocycles. The molecule has 1 rings (SSSR count). The molecule has 0 saturated heterocycles. The topological polar surface area (TPSA) is 140 Å². The number of hydrogen-bond acceptors (Lipinski definition) is 5. The predicted molar refractivity (Wildman–Crippen MR) is 80.4 cm³/mol. The van der Waals surface area contributed by atoms with Crippen LogP contribution in [0, 0.1) is 11.3 Å². The summed E-state index contributed by atoms with van der Waals surface area (Å²) in [6.45, 7) is -0.0723. The first kappa shape index (κ1) is 17.7. The summed E-state index contributed by atoms with van der Waals surface area (Å²) in [6.07, 6.45) is 0.872. The van der Waals surface area contributed by atoms with Gasteiger partial charge in [-0.3, -0.25) is 14.4 Å². The molecule has 1 aromatic rings. The number of carboxylic acid groups (broad SMARTS) is 2. The largest absolute Gasteiger partial charge is 0.481 e. The van der Waals surface area contributed by atoms with E-state index in [0.29, 0.717) is 11.3 Å². The molecule has 0 atom stereocenters. The molecule has 0 heterocycles. The molecule has 120 valence electrons. The zero-order valence-corrected chi connectivity index (χ0v) is 12.1. The summed E-state index contributed by atoms with van der Waals surface area (Å²) in [5.74, 6) is -2.66. The molecule has 0 bridgehead atoms. The van der Waals surface area contributed by atoms with Crippen LogP contribution in [-0.4, -0.2) is 34.6 Å². The van der Waals surface area contributed by atoms with Crippen molar-refractivity contribution in [1.82, 2.24) is 5.32 Å². The maximum absolute atomic E-state index is 11.7. The second-order valence-corrected chi connectivity index (χ2v) is 4.48. The van der Waals surface area contributed by atoms with Gasteiger partial charge >= 0.3 is 11.9 Å². The van der Waals surface area contributed by atoms with Gasteiger partial charge in [-0.05, 0) is 17.7 Å². The maximum Gasteiger partial charge on any atom is 0.307 e. The van der Waals surface area contributed by atoms with Gasteiger partial charge in [-0.15, -0.1) is 0 Å². The first-order valence-electron chi connectivity index (χ1n) is 6.60. The Morgan fingerprint density at radius 1 is 1.13 bits per heavy atom. The highest BCUT2D eigenvalue weighted by Crippen LogP contribution is 2.10. The van der Waals surface area contributed by atoms with Gasteiger partial charge in [0.1, 0.15) is 11.6 Å². The Balaban J connectivity index is 2.62. The van der Waals surface area contributed by atoms with Gasteiger partial charge in [0.2, 0.25) is 0 Å². The molecular formula is C15H15N3O5. The standard InChI is InChI=1S/C15H15N3O5/c16-8-11(15(23)17-6-5-13(19)20)9-18-12-3-1-10(2-4-12)7-14(21)22/h1-4,9,18H,5-7H2,(H,17,23)(H,19,20)(H,21,22)/b11-9-. The van der Waals surface area contributed by atoms with Crippen LogP contribution in [0.3, 0.4) is 0 Å². The number of amides is 1. The quantitative estimate of drug-likeness (QED) is 0.409. The van der Waals surface area contributed by atoms with E-state index in [9.17, 15) is 14.4 Å². The van der Waals surface area contributed by atoms with E-state index in [1.807, 2.05) is 0 Å². The van der Waals surface area contributed by atoms with Crippen LogP contribution in [0.15, 0.2) is 36.0 Å². The first-order valence-corrected chi connectivity index (χ1v) is 6.60. The lowest BCUT2D eigenvalue weighted by Gasteiger charge is -2.05. The number of nitriles is 1. The molecule has 8 heteroatoms. The SMILES string of the molecule is N#C/C(=C/Nc1ccc(CC(=O)O)cc1)C(=O)NCCC(=O)O. The lowest BCUT2D eigenvalue weighted by atomic mass is 10.1. The third-order valence-electron chi connectivity index (χ3n) is 2.68. The van der Waals surface area contributed by atoms with Gasteiger partial charge in [0.15, 0.2) is 0 Å². The van der Waals surface area contributed by atoms with Gasteiger partial charge in [0.05, 0.1) is 12.8 Å². The van der Waals surface area contributed by atoms with E-state index in [1.165, 1.54) is 6.20 Å². The Kier molecular flexibility index (Phi) is 6.81. The minimum atomic E-state index is -1.05. The third kappa shape index (κ3) is 6.77. The van der Waals surface area contributed by atoms with Crippen LogP contribution >= 0.6 is 0 Å². The fraction of sp³-hybridized carbons (Fsp3) is 0.200. The number of carbonyl (C=O) groups is 3. The average molecular weight is 317 g/mol. The fourth-order valence-corrected chi connectivity index (χ4v) is 1.58. The van der Waals surface area contributed by atoms with Crippen molar-refractivity contribution in [2.24, 2.45) is 0 Å². The molecule has 0 radical (unpaired) electrons. The molecule has 23 heavy (non-hydrogen) atoms. The monoisotopic (exact) mass is 317 g/mol. The van der Waals surface area contributed by atoms with E-state index >= 15 is 0 Å². The number of nitrogens with one attached hydrogen (secondary N) is 2. The molecular weight excluding hydrogens is 302 g/mol. The van der Waals surface area contributed by atoms with Gasteiger partial charge in [0.25, 0.3) is 5.91 Å². The van der Waals surface area contributed by atoms with Crippen molar-refractivity contribution in [2.45, 2.75) is 12.8 Å². The van der Waals surface area contributed by atoms with Crippen molar-refractivity contribution in [3.05, 3.63) is 41.6 Å². The molecule has 1 aromatic carbocycles. The van der Waals surface area contributed by atoms with Crippen molar-refractivity contribution in [2.75, 3.05) is 11.9 Å². The van der Waals surface area contributed by atoms with Crippen LogP contribution in [0.1, 0.15) is 12.0 Å². The number of nitrogens with zero attached hydrogens (tertiary/aromatic N) is 1. The minimum Gasteiger partial charge on any atom is -0.481 e. The van der Waals surface area contributed by atoms with Gasteiger partial charge < -0.3 is 20.8 Å². The molecule has 1 amide bonds. The van der Waals surface area contributed by atoms with Crippen LogP contribution in [0.25, 0.3) is 0 Å². The van der Waals surface area contributed by atoms with E-state index in [4.69, 9.17) is 15.5 Å². The highest BCUT2D eigenvalue weighted by Gasteiger charge is 2.09. The summed E-state index contributed by atoms with van der Waals surface area (Å²) in [5, 5.41) is 31.1. The van der Waals surface area contributed by atoms with E-state index in [2.05, 4.69) is 10.6 Å². The highest BCUT2D eigenvalue weighted by atomic mass is 16.4. The molecule has 0 spiro atoms. The van der Waals surface area contributed by atoms with Crippen molar-refractivity contribution >= 4 is 23.5 Å². The number of hydrogen-bond donors (Lipinski definition) is 4. The zero-order chi connectivity index (χ0) is 17.2. The lowest BCUT2D eigenvalue weighted by Crippen LogP contribution is -2.27. The Hall–Kier alpha value is -3.34. The number of carboxylic acids is 2. The number of aliphatic carboxylic acids is 2. The maximum atomic E-state index is 11.7. The van der Waals surface area contributed by atoms with Crippen LogP contribution in [0.5, 0.6) is 0 Å². The van der Waals surface area contributed by atoms with E-state index in [0.717, 1.165) is 0 Å². The molecule has 8 nitrogen and oxygen atoms in total. The summed E-state index contributed by atoms with van der Waals surface area (Å²) in [6, 6.07) is 8.17. The summed E-state index contributed by atoms with van der Waals surface area (Å²) in [7, 11) is 0. The summed E-state index contributed by atoms with van der Waals surface area (Å²) >= 11 is 0. The van der Waals surface area contributed by atoms with Crippen LogP contribution in [-0.2, 0) is 20.8 Å². The normalized spacial score (nSPS) is 10.5. The first-order chi connectivity index (χ1) is 10.9. The second kappa shape index (κ2) is 8.84. The third-order valence-corrected chi connectivity index (χ3v) is 2.68. The smallest absolute Gasteiger partial charge is 0.307 e. The predicted octanol–water partition coefficient (Wildman–Crippen LogP) is 0.724. The molecule has 0 fully saturated rings. The van der Waals surface area contributed by atoms with Crippen molar-refractivity contribution in [1.29, 1.82) is 5.26 Å². The van der Waals surface area contributed by atoms with Gasteiger partial charge in [-0.2, -0.15) is 5.26 Å². The lowest BCUT2D eigenvalue weighted by molar-refractivity contribution is -0.137. The Bertz CT molecular complexity index is 659. The van der Waals surface area contributed by atoms with Gasteiger partial charge in [0, 0.05) is 18.4 Å². The number of anilines is 1. The van der Waals surface area contributed by atoms with Crippen LogP contribution < -0.4 is 10.6 Å². The summed E-state index contributed by atoms with van der Waals surface area (Å²) in [4.78, 5) is 32.6. The second-order valence-electron chi connectivity index (χ2n) is 4.48. The summed E-state index contributed by atoms with van der Waals surface area (Å²) in [5.41, 5.74) is 0.995. The molecule has 0 aliphatic carbocycles. The van der Waals surface area contributed by atoms with Gasteiger partial charge in [-0.25, -0.2) is 0 Å². The van der Waals surface area contributed by atoms with Crippen LogP contribution in [0.2, 0.25) is 0 Å². The van der Waals surface area contributed by atoms with Crippen molar-refractivity contribution in [3.63, 3.8) is 0 Å². The van der Waals surface area contributed by atoms with Crippen molar-refractivity contribution < 1.29 is 24.6 Å². The van der Waals surface area contributed by atoms with E-state index < -0.39 is 17.8 Å². The minimum absolute atomic E-state index is 0.0723. The average Bonchev–Trinajstić information content (AvgIpc) is 2.48. The van der Waals surface area contributed by atoms with Gasteiger partial charge in [-0.1, -0.05) is 12.1 Å². The molecule has 0 aromatic heterocycles. The Labute approximate surface area is 132 Å². The van der Waals surface area contributed by atoms with E-state index in [-0.39, 0.29) is 25.0 Å². The van der Waals surface area contributed by atoms with E-state index in [1.54, 1.807) is 30.3 Å². The van der Waals surface area contributed by atoms with Crippen molar-refractivity contribution in [3.8, 4) is 6.07 Å². The highest BCUT2D eigenvalue weighted by molar-refractivity contribution is 5.97. The summed E-state index contributed by atoms with van der Waals surface area (Å²) < 4.78 is 0.